The van der Waals surface area contributed by atoms with E-state index in [9.17, 15) is 0 Å². The van der Waals surface area contributed by atoms with Crippen molar-refractivity contribution in [1.29, 1.82) is 0 Å². The third kappa shape index (κ3) is 2.21. The highest BCUT2D eigenvalue weighted by Crippen LogP contribution is 2.41. The van der Waals surface area contributed by atoms with E-state index in [1.807, 2.05) is 0 Å². The lowest BCUT2D eigenvalue weighted by atomic mass is 9.71. The molecule has 0 atom stereocenters. The lowest BCUT2D eigenvalue weighted by Crippen LogP contribution is -2.43. The van der Waals surface area contributed by atoms with E-state index >= 15 is 0 Å². The van der Waals surface area contributed by atoms with E-state index in [1.165, 1.54) is 43.2 Å². The Bertz CT molecular complexity index is 411. The van der Waals surface area contributed by atoms with Crippen LogP contribution in [0.5, 0.6) is 0 Å². The Kier molecular flexibility index (Phi) is 3.19. The summed E-state index contributed by atoms with van der Waals surface area (Å²) in [5, 5.41) is 0. The summed E-state index contributed by atoms with van der Waals surface area (Å²) in [7, 11) is 0. The van der Waals surface area contributed by atoms with E-state index in [0.29, 0.717) is 0 Å². The smallest absolute Gasteiger partial charge is 0.0409 e. The van der Waals surface area contributed by atoms with Crippen LogP contribution in [0, 0.1) is 5.92 Å². The molecule has 1 nitrogen and oxygen atoms in total. The largest absolute Gasteiger partial charge is 0.321 e. The summed E-state index contributed by atoms with van der Waals surface area (Å²) >= 11 is 0. The molecule has 0 radical (unpaired) electrons. The fourth-order valence-corrected chi connectivity index (χ4v) is 3.54. The van der Waals surface area contributed by atoms with Gasteiger partial charge in [0.15, 0.2) is 0 Å². The summed E-state index contributed by atoms with van der Waals surface area (Å²) in [6.45, 7) is 2.38. The average molecular weight is 243 g/mol. The van der Waals surface area contributed by atoms with Gasteiger partial charge in [0, 0.05) is 5.54 Å². The average Bonchev–Trinajstić information content (AvgIpc) is 2.37. The fraction of sp³-hybridized carbons (Fsp3) is 0.647. The summed E-state index contributed by atoms with van der Waals surface area (Å²) in [6.07, 6.45) is 9.13. The van der Waals surface area contributed by atoms with Crippen LogP contribution >= 0.6 is 0 Å². The second kappa shape index (κ2) is 4.70. The Labute approximate surface area is 111 Å². The first-order valence-corrected chi connectivity index (χ1v) is 7.57. The summed E-state index contributed by atoms with van der Waals surface area (Å²) in [4.78, 5) is 0. The number of benzene rings is 1. The van der Waals surface area contributed by atoms with Gasteiger partial charge in [-0.25, -0.2) is 0 Å². The maximum absolute atomic E-state index is 6.44. The van der Waals surface area contributed by atoms with Crippen LogP contribution in [0.15, 0.2) is 24.3 Å². The van der Waals surface area contributed by atoms with E-state index in [2.05, 4.69) is 31.2 Å². The summed E-state index contributed by atoms with van der Waals surface area (Å²) in [5.41, 5.74) is 9.36. The highest BCUT2D eigenvalue weighted by molar-refractivity contribution is 5.33. The molecule has 18 heavy (non-hydrogen) atoms. The van der Waals surface area contributed by atoms with Crippen molar-refractivity contribution in [3.05, 3.63) is 35.4 Å². The number of hydrogen-bond acceptors (Lipinski definition) is 1. The van der Waals surface area contributed by atoms with E-state index in [1.54, 1.807) is 0 Å². The van der Waals surface area contributed by atoms with E-state index < -0.39 is 0 Å². The molecule has 1 aromatic carbocycles. The van der Waals surface area contributed by atoms with Gasteiger partial charge < -0.3 is 5.73 Å². The molecular weight excluding hydrogens is 218 g/mol. The van der Waals surface area contributed by atoms with Crippen LogP contribution in [-0.4, -0.2) is 0 Å². The molecule has 0 saturated heterocycles. The highest BCUT2D eigenvalue weighted by atomic mass is 14.8. The quantitative estimate of drug-likeness (QED) is 0.822. The van der Waals surface area contributed by atoms with Gasteiger partial charge in [-0.1, -0.05) is 44.0 Å². The van der Waals surface area contributed by atoms with Gasteiger partial charge in [0.05, 0.1) is 0 Å². The molecule has 1 aromatic rings. The lowest BCUT2D eigenvalue weighted by Gasteiger charge is -2.39. The molecular formula is C17H25N. The van der Waals surface area contributed by atoms with Crippen LogP contribution in [0.1, 0.15) is 68.9 Å². The molecule has 2 N–H and O–H groups in total. The van der Waals surface area contributed by atoms with Crippen LogP contribution in [0.4, 0.5) is 0 Å². The van der Waals surface area contributed by atoms with Crippen molar-refractivity contribution in [2.24, 2.45) is 11.7 Å². The molecule has 98 valence electrons. The molecule has 2 aliphatic carbocycles. The molecule has 0 aliphatic heterocycles. The molecule has 2 aliphatic rings. The Morgan fingerprint density at radius 3 is 2.44 bits per heavy atom. The van der Waals surface area contributed by atoms with Crippen molar-refractivity contribution in [3.8, 4) is 0 Å². The minimum atomic E-state index is -0.00202. The summed E-state index contributed by atoms with van der Waals surface area (Å²) in [5.74, 6) is 1.71. The maximum Gasteiger partial charge on any atom is 0.0409 e. The standard InChI is InChI=1S/C17H25N/c1-13-6-8-14(9-7-13)15-4-2-5-16(12-15)17(18)10-3-11-17/h2,4-5,12-14H,3,6-11,18H2,1H3. The molecule has 1 heteroatoms. The molecule has 2 saturated carbocycles. The van der Waals surface area contributed by atoms with Crippen molar-refractivity contribution < 1.29 is 0 Å². The van der Waals surface area contributed by atoms with E-state index in [-0.39, 0.29) is 5.54 Å². The monoisotopic (exact) mass is 243 g/mol. The third-order valence-electron chi connectivity index (χ3n) is 5.19. The second-order valence-electron chi connectivity index (χ2n) is 6.59. The highest BCUT2D eigenvalue weighted by Gasteiger charge is 2.34. The minimum Gasteiger partial charge on any atom is -0.321 e. The molecule has 0 bridgehead atoms. The first kappa shape index (κ1) is 12.2. The Hall–Kier alpha value is -0.820. The SMILES string of the molecule is CC1CCC(c2cccc(C3(N)CCC3)c2)CC1. The number of rotatable bonds is 2. The van der Waals surface area contributed by atoms with Gasteiger partial charge in [-0.2, -0.15) is 0 Å². The van der Waals surface area contributed by atoms with Gasteiger partial charge >= 0.3 is 0 Å². The topological polar surface area (TPSA) is 26.0 Å². The predicted octanol–water partition coefficient (Wildman–Crippen LogP) is 4.32. The zero-order valence-corrected chi connectivity index (χ0v) is 11.5. The Morgan fingerprint density at radius 2 is 1.83 bits per heavy atom. The van der Waals surface area contributed by atoms with Crippen molar-refractivity contribution in [1.82, 2.24) is 0 Å². The van der Waals surface area contributed by atoms with Crippen LogP contribution in [0.3, 0.4) is 0 Å². The Morgan fingerprint density at radius 1 is 1.11 bits per heavy atom. The maximum atomic E-state index is 6.44. The van der Waals surface area contributed by atoms with Crippen LogP contribution < -0.4 is 5.73 Å². The molecule has 2 fully saturated rings. The molecule has 0 heterocycles. The molecule has 0 aromatic heterocycles. The summed E-state index contributed by atoms with van der Waals surface area (Å²) < 4.78 is 0. The lowest BCUT2D eigenvalue weighted by molar-refractivity contribution is 0.253. The van der Waals surface area contributed by atoms with E-state index in [4.69, 9.17) is 5.73 Å². The van der Waals surface area contributed by atoms with Crippen molar-refractivity contribution in [2.45, 2.75) is 63.3 Å². The molecule has 0 unspecified atom stereocenters. The molecule has 0 amide bonds. The zero-order valence-electron chi connectivity index (χ0n) is 11.5. The van der Waals surface area contributed by atoms with Gasteiger partial charge in [0.2, 0.25) is 0 Å². The van der Waals surface area contributed by atoms with Crippen molar-refractivity contribution in [3.63, 3.8) is 0 Å². The minimum absolute atomic E-state index is 0.00202. The van der Waals surface area contributed by atoms with Crippen LogP contribution in [0.25, 0.3) is 0 Å². The van der Waals surface area contributed by atoms with Gasteiger partial charge in [0.1, 0.15) is 0 Å². The van der Waals surface area contributed by atoms with Crippen LogP contribution in [0.2, 0.25) is 0 Å². The first-order chi connectivity index (χ1) is 8.67. The van der Waals surface area contributed by atoms with Crippen molar-refractivity contribution in [2.75, 3.05) is 0 Å². The van der Waals surface area contributed by atoms with Crippen molar-refractivity contribution >= 4 is 0 Å². The fourth-order valence-electron chi connectivity index (χ4n) is 3.54. The predicted molar refractivity (Wildman–Crippen MR) is 76.5 cm³/mol. The third-order valence-corrected chi connectivity index (χ3v) is 5.19. The first-order valence-electron chi connectivity index (χ1n) is 7.57. The number of hydrogen-bond donors (Lipinski definition) is 1. The van der Waals surface area contributed by atoms with Gasteiger partial charge in [-0.3, -0.25) is 0 Å². The number of nitrogens with two attached hydrogens (primary N) is 1. The molecule has 0 spiro atoms. The molecule has 3 rings (SSSR count). The van der Waals surface area contributed by atoms with Gasteiger partial charge in [-0.15, -0.1) is 0 Å². The Balaban J connectivity index is 1.78. The van der Waals surface area contributed by atoms with Gasteiger partial charge in [-0.05, 0) is 55.1 Å². The normalized spacial score (nSPS) is 30.8. The second-order valence-corrected chi connectivity index (χ2v) is 6.59. The summed E-state index contributed by atoms with van der Waals surface area (Å²) in [6, 6.07) is 9.16. The van der Waals surface area contributed by atoms with Crippen LogP contribution in [-0.2, 0) is 5.54 Å². The van der Waals surface area contributed by atoms with Gasteiger partial charge in [0.25, 0.3) is 0 Å². The van der Waals surface area contributed by atoms with E-state index in [0.717, 1.165) is 24.7 Å². The zero-order chi connectivity index (χ0) is 12.6.